The first-order valence-electron chi connectivity index (χ1n) is 12.3. The first-order chi connectivity index (χ1) is 18.8. The van der Waals surface area contributed by atoms with Gasteiger partial charge in [0.15, 0.2) is 11.6 Å². The van der Waals surface area contributed by atoms with Gasteiger partial charge >= 0.3 is 0 Å². The quantitative estimate of drug-likeness (QED) is 0.333. The van der Waals surface area contributed by atoms with Gasteiger partial charge < -0.3 is 15.4 Å². The summed E-state index contributed by atoms with van der Waals surface area (Å²) in [6, 6.07) is 9.73. The predicted molar refractivity (Wildman–Crippen MR) is 146 cm³/mol. The first kappa shape index (κ1) is 26.6. The van der Waals surface area contributed by atoms with E-state index in [1.54, 1.807) is 30.3 Å². The van der Waals surface area contributed by atoms with E-state index in [2.05, 4.69) is 19.6 Å². The van der Waals surface area contributed by atoms with Crippen LogP contribution in [0.3, 0.4) is 0 Å². The van der Waals surface area contributed by atoms with Gasteiger partial charge in [-0.2, -0.15) is 0 Å². The zero-order valence-corrected chi connectivity index (χ0v) is 22.0. The Morgan fingerprint density at radius 3 is 2.67 bits per heavy atom. The fraction of sp³-hybridized carbons (Fsp3) is 0.308. The van der Waals surface area contributed by atoms with Crippen molar-refractivity contribution in [3.8, 4) is 22.6 Å². The van der Waals surface area contributed by atoms with Crippen molar-refractivity contribution in [2.24, 2.45) is 0 Å². The standard InChI is InChI=1S/C26H27F2N7O3S/c1-16-14-17(18-4-2-5-20(22(18)28)34-39(36,37)13-3-7-27)15-19-23(16)32-24(21-6-8-30-26(29)31-21)33-25(19)35-9-11-38-12-10-35/h2,4-6,8,14-15,34H,3,7,9-13H2,1H3,(H2,29,30,31). The summed E-state index contributed by atoms with van der Waals surface area (Å²) in [6.45, 7) is 3.34. The number of halogens is 2. The number of hydrogen-bond donors (Lipinski definition) is 2. The van der Waals surface area contributed by atoms with E-state index in [1.807, 2.05) is 6.92 Å². The monoisotopic (exact) mass is 555 g/mol. The maximum atomic E-state index is 15.6. The molecule has 39 heavy (non-hydrogen) atoms. The summed E-state index contributed by atoms with van der Waals surface area (Å²) in [7, 11) is -3.90. The molecule has 1 fully saturated rings. The molecule has 0 spiro atoms. The number of ether oxygens (including phenoxy) is 1. The molecule has 1 aliphatic heterocycles. The second kappa shape index (κ2) is 11.0. The molecule has 0 radical (unpaired) electrons. The maximum absolute atomic E-state index is 15.6. The van der Waals surface area contributed by atoms with Crippen molar-refractivity contribution < 1.29 is 21.9 Å². The maximum Gasteiger partial charge on any atom is 0.232 e. The summed E-state index contributed by atoms with van der Waals surface area (Å²) in [5.74, 6) is -0.0504. The minimum Gasteiger partial charge on any atom is -0.378 e. The van der Waals surface area contributed by atoms with Crippen LogP contribution in [-0.4, -0.2) is 67.1 Å². The minimum atomic E-state index is -3.90. The number of nitrogens with one attached hydrogen (secondary N) is 1. The number of alkyl halides is 1. The number of aryl methyl sites for hydroxylation is 1. The molecule has 0 aliphatic carbocycles. The van der Waals surface area contributed by atoms with Gasteiger partial charge in [-0.05, 0) is 48.7 Å². The molecule has 2 aromatic heterocycles. The van der Waals surface area contributed by atoms with E-state index in [1.165, 1.54) is 12.3 Å². The molecule has 4 aromatic rings. The summed E-state index contributed by atoms with van der Waals surface area (Å²) in [6.07, 6.45) is 1.37. The molecule has 2 aromatic carbocycles. The molecule has 0 unspecified atom stereocenters. The van der Waals surface area contributed by atoms with Crippen LogP contribution in [0.25, 0.3) is 33.5 Å². The number of fused-ring (bicyclic) bond motifs is 1. The Labute approximate surface area is 224 Å². The average molecular weight is 556 g/mol. The fourth-order valence-electron chi connectivity index (χ4n) is 4.47. The van der Waals surface area contributed by atoms with Crippen molar-refractivity contribution in [3.63, 3.8) is 0 Å². The van der Waals surface area contributed by atoms with Crippen molar-refractivity contribution in [1.29, 1.82) is 0 Å². The molecule has 13 heteroatoms. The first-order valence-corrected chi connectivity index (χ1v) is 14.0. The van der Waals surface area contributed by atoms with Crippen LogP contribution in [0.2, 0.25) is 0 Å². The van der Waals surface area contributed by atoms with E-state index < -0.39 is 28.3 Å². The SMILES string of the molecule is Cc1cc(-c2cccc(NS(=O)(=O)CCCF)c2F)cc2c(N3CCOCC3)nc(-c3ccnc(N)n3)nc12. The molecule has 0 amide bonds. The van der Waals surface area contributed by atoms with Crippen molar-refractivity contribution in [2.75, 3.05) is 54.1 Å². The third-order valence-corrected chi connectivity index (χ3v) is 7.66. The van der Waals surface area contributed by atoms with E-state index in [4.69, 9.17) is 20.4 Å². The normalized spacial score (nSPS) is 14.1. The Morgan fingerprint density at radius 2 is 1.92 bits per heavy atom. The molecule has 204 valence electrons. The Morgan fingerprint density at radius 1 is 1.13 bits per heavy atom. The molecule has 10 nitrogen and oxygen atoms in total. The molecule has 0 saturated carbocycles. The Hall–Kier alpha value is -3.97. The average Bonchev–Trinajstić information content (AvgIpc) is 2.93. The summed E-state index contributed by atoms with van der Waals surface area (Å²) in [5.41, 5.74) is 8.21. The van der Waals surface area contributed by atoms with Gasteiger partial charge in [0.2, 0.25) is 16.0 Å². The highest BCUT2D eigenvalue weighted by molar-refractivity contribution is 7.92. The van der Waals surface area contributed by atoms with Gasteiger partial charge in [-0.3, -0.25) is 9.11 Å². The Kier molecular flexibility index (Phi) is 7.53. The Bertz CT molecular complexity index is 1630. The second-order valence-corrected chi connectivity index (χ2v) is 10.9. The van der Waals surface area contributed by atoms with Crippen LogP contribution in [0, 0.1) is 12.7 Å². The lowest BCUT2D eigenvalue weighted by molar-refractivity contribution is 0.122. The van der Waals surface area contributed by atoms with Gasteiger partial charge in [0.1, 0.15) is 11.5 Å². The number of morpholine rings is 1. The van der Waals surface area contributed by atoms with E-state index in [0.29, 0.717) is 60.1 Å². The number of nitrogens with zero attached hydrogens (tertiary/aromatic N) is 5. The van der Waals surface area contributed by atoms with Crippen LogP contribution < -0.4 is 15.4 Å². The van der Waals surface area contributed by atoms with Gasteiger partial charge in [-0.25, -0.2) is 32.7 Å². The van der Waals surface area contributed by atoms with Crippen molar-refractivity contribution >= 4 is 38.4 Å². The van der Waals surface area contributed by atoms with Crippen LogP contribution in [-0.2, 0) is 14.8 Å². The zero-order chi connectivity index (χ0) is 27.6. The van der Waals surface area contributed by atoms with Gasteiger partial charge in [-0.1, -0.05) is 12.1 Å². The van der Waals surface area contributed by atoms with Crippen LogP contribution in [0.1, 0.15) is 12.0 Å². The number of nitrogens with two attached hydrogens (primary N) is 1. The molecular formula is C26H27F2N7O3S. The summed E-state index contributed by atoms with van der Waals surface area (Å²) >= 11 is 0. The molecule has 3 heterocycles. The highest BCUT2D eigenvalue weighted by Gasteiger charge is 2.22. The zero-order valence-electron chi connectivity index (χ0n) is 21.2. The highest BCUT2D eigenvalue weighted by atomic mass is 32.2. The summed E-state index contributed by atoms with van der Waals surface area (Å²) < 4.78 is 60.5. The van der Waals surface area contributed by atoms with E-state index in [-0.39, 0.29) is 23.6 Å². The largest absolute Gasteiger partial charge is 0.378 e. The van der Waals surface area contributed by atoms with Crippen LogP contribution in [0.5, 0.6) is 0 Å². The number of aromatic nitrogens is 4. The van der Waals surface area contributed by atoms with E-state index in [0.717, 1.165) is 5.56 Å². The minimum absolute atomic E-state index is 0.104. The number of sulfonamides is 1. The molecule has 0 bridgehead atoms. The predicted octanol–water partition coefficient (Wildman–Crippen LogP) is 3.72. The third-order valence-electron chi connectivity index (χ3n) is 6.31. The lowest BCUT2D eigenvalue weighted by Gasteiger charge is -2.29. The lowest BCUT2D eigenvalue weighted by atomic mass is 9.99. The molecule has 0 atom stereocenters. The lowest BCUT2D eigenvalue weighted by Crippen LogP contribution is -2.37. The van der Waals surface area contributed by atoms with Crippen LogP contribution >= 0.6 is 0 Å². The molecule has 5 rings (SSSR count). The smallest absolute Gasteiger partial charge is 0.232 e. The van der Waals surface area contributed by atoms with Gasteiger partial charge in [-0.15, -0.1) is 0 Å². The van der Waals surface area contributed by atoms with Gasteiger partial charge in [0, 0.05) is 30.2 Å². The fourth-order valence-corrected chi connectivity index (χ4v) is 5.56. The summed E-state index contributed by atoms with van der Waals surface area (Å²) in [4.78, 5) is 19.9. The molecular weight excluding hydrogens is 528 g/mol. The van der Waals surface area contributed by atoms with Crippen LogP contribution in [0.15, 0.2) is 42.6 Å². The number of hydrogen-bond acceptors (Lipinski definition) is 9. The molecule has 1 aliphatic rings. The van der Waals surface area contributed by atoms with E-state index in [9.17, 15) is 12.8 Å². The topological polar surface area (TPSA) is 136 Å². The Balaban J connectivity index is 1.64. The van der Waals surface area contributed by atoms with Crippen molar-refractivity contribution in [1.82, 2.24) is 19.9 Å². The van der Waals surface area contributed by atoms with Gasteiger partial charge in [0.25, 0.3) is 0 Å². The van der Waals surface area contributed by atoms with Crippen molar-refractivity contribution in [3.05, 3.63) is 54.0 Å². The number of rotatable bonds is 8. The highest BCUT2D eigenvalue weighted by Crippen LogP contribution is 2.36. The number of nitrogen functional groups attached to an aromatic ring is 1. The van der Waals surface area contributed by atoms with Crippen LogP contribution in [0.4, 0.5) is 26.2 Å². The second-order valence-electron chi connectivity index (χ2n) is 9.09. The van der Waals surface area contributed by atoms with E-state index >= 15 is 4.39 Å². The third kappa shape index (κ3) is 5.73. The number of benzene rings is 2. The summed E-state index contributed by atoms with van der Waals surface area (Å²) in [5, 5.41) is 0.700. The number of anilines is 3. The molecule has 3 N–H and O–H groups in total. The van der Waals surface area contributed by atoms with Crippen molar-refractivity contribution in [2.45, 2.75) is 13.3 Å². The van der Waals surface area contributed by atoms with Gasteiger partial charge in [0.05, 0.1) is 36.8 Å². The molecule has 1 saturated heterocycles.